The number of hydrogen-bond acceptors (Lipinski definition) is 16. The fraction of sp³-hybridized carbons (Fsp3) is 0.396. The summed E-state index contributed by atoms with van der Waals surface area (Å²) in [7, 11) is 0. The molecule has 0 amide bonds. The van der Waals surface area contributed by atoms with Gasteiger partial charge in [-0.15, -0.1) is 44.5 Å². The maximum atomic E-state index is 14.3. The largest absolute Gasteiger partial charge is 2.00 e. The molecule has 772 valence electrons. The van der Waals surface area contributed by atoms with E-state index in [1.807, 2.05) is 83.9 Å². The fourth-order valence-corrected chi connectivity index (χ4v) is 18.0. The average molecular weight is 2720 g/mol. The Kier molecular flexibility index (Phi) is 30.2. The van der Waals surface area contributed by atoms with Crippen molar-refractivity contribution >= 4 is 0 Å². The average Bonchev–Trinajstić information content (AvgIpc) is 1.55. The van der Waals surface area contributed by atoms with Crippen LogP contribution in [0.5, 0.6) is 0 Å². The number of aromatic nitrogens is 24. The van der Waals surface area contributed by atoms with E-state index >= 15 is 0 Å². The van der Waals surface area contributed by atoms with Crippen molar-refractivity contribution in [3.8, 4) is 46.5 Å². The second kappa shape index (κ2) is 39.4. The Balaban J connectivity index is 0.000000162. The van der Waals surface area contributed by atoms with Gasteiger partial charge < -0.3 is 37.5 Å². The van der Waals surface area contributed by atoms with Crippen LogP contribution in [0.1, 0.15) is 288 Å². The van der Waals surface area contributed by atoms with Gasteiger partial charge in [0.05, 0.1) is 69.3 Å². The van der Waals surface area contributed by atoms with Crippen LogP contribution in [-0.4, -0.2) is 118 Å². The van der Waals surface area contributed by atoms with Gasteiger partial charge >= 0.3 is 109 Å². The SMILES string of the molecule is CC(C)(C)c1nn2[c-]c1CCc1[c-]n(nc1C(C)(C)C)-c1cccc(n1)C(C)(C)c1cccc-2n1.CC1(C)c2cccc(n2)-n2[c-]c(c(C(F)(F)F)n2)C(C)(C)C(C)(C)c2[c-]n(nc2C(F)(F)F)-c2cccc1n2.CC1(C)c2cccc(n2)-n2[c-]c(c(C(F)(F)F)n2)CCc2[c-]n(nc2C(F)(F)F)-c2cccc1n2.Cc1nn2[c-]c1C(C)(C)C(C)(C)c1[c-]n(nc1C)-c1cccc(n1)C(C)(C)c1cccc-2n1.[Pt+2].[Pt+2].[Pt+2].[Pt+2]. The van der Waals surface area contributed by atoms with E-state index < -0.39 is 104 Å². The van der Waals surface area contributed by atoms with Gasteiger partial charge in [-0.1, -0.05) is 257 Å². The Morgan fingerprint density at radius 2 is 0.377 bits per heavy atom. The number of halogens is 12. The molecule has 20 heterocycles. The van der Waals surface area contributed by atoms with Crippen molar-refractivity contribution in [3.63, 3.8) is 0 Å². The van der Waals surface area contributed by atoms with Gasteiger partial charge in [0.25, 0.3) is 0 Å². The number of hydrogen-bond donors (Lipinski definition) is 0. The summed E-state index contributed by atoms with van der Waals surface area (Å²) in [5, 5.41) is 34.5. The number of rotatable bonds is 0. The van der Waals surface area contributed by atoms with E-state index in [2.05, 4.69) is 199 Å². The molecule has 0 atom stereocenters. The van der Waals surface area contributed by atoms with E-state index in [0.29, 0.717) is 22.8 Å². The Hall–Kier alpha value is -11.2. The molecule has 0 N–H and O–H groups in total. The van der Waals surface area contributed by atoms with Crippen molar-refractivity contribution in [1.29, 1.82) is 0 Å². The van der Waals surface area contributed by atoms with Gasteiger partial charge in [0.15, 0.2) is 0 Å². The van der Waals surface area contributed by atoms with Crippen LogP contribution in [0, 0.1) is 63.4 Å². The van der Waals surface area contributed by atoms with Crippen LogP contribution in [0.3, 0.4) is 0 Å². The zero-order chi connectivity index (χ0) is 103. The Bertz CT molecular complexity index is 6890. The smallest absolute Gasteiger partial charge is 0.343 e. The summed E-state index contributed by atoms with van der Waals surface area (Å²) in [6.45, 7) is 47.7. The summed E-state index contributed by atoms with van der Waals surface area (Å²) in [5.74, 6) is 3.37. The third kappa shape index (κ3) is 20.8. The monoisotopic (exact) mass is 2720 g/mol. The first-order chi connectivity index (χ1) is 65.9. The molecule has 0 fully saturated rings. The molecule has 0 spiro atoms. The molecule has 0 saturated heterocycles. The number of pyridine rings is 8. The minimum Gasteiger partial charge on any atom is -0.343 e. The van der Waals surface area contributed by atoms with Gasteiger partial charge in [-0.05, 0) is 185 Å². The molecular weight excluding hydrogens is 2620 g/mol. The zero-order valence-electron chi connectivity index (χ0n) is 84.2. The normalized spacial score (nSPS) is 16.2. The van der Waals surface area contributed by atoms with Crippen molar-refractivity contribution in [2.24, 2.45) is 0 Å². The van der Waals surface area contributed by atoms with Crippen molar-refractivity contribution in [2.75, 3.05) is 0 Å². The fourth-order valence-electron chi connectivity index (χ4n) is 18.0. The maximum absolute atomic E-state index is 14.3. The van der Waals surface area contributed by atoms with Crippen molar-refractivity contribution in [3.05, 3.63) is 331 Å². The third-order valence-electron chi connectivity index (χ3n) is 28.0. The molecule has 16 aromatic rings. The minimum absolute atomic E-state index is 0. The van der Waals surface area contributed by atoms with Gasteiger partial charge in [0.1, 0.15) is 0 Å². The van der Waals surface area contributed by atoms with Crippen molar-refractivity contribution in [2.45, 2.75) is 271 Å². The molecule has 0 aliphatic carbocycles. The van der Waals surface area contributed by atoms with Gasteiger partial charge in [-0.2, -0.15) is 52.7 Å². The topological polar surface area (TPSA) is 246 Å². The Morgan fingerprint density at radius 3 is 0.568 bits per heavy atom. The van der Waals surface area contributed by atoms with Gasteiger partial charge in [-0.25, -0.2) is 0 Å². The van der Waals surface area contributed by atoms with E-state index in [9.17, 15) is 52.7 Å². The molecular formula is C106H104F12N24Pt4. The van der Waals surface area contributed by atoms with Crippen LogP contribution in [0.25, 0.3) is 46.5 Å². The summed E-state index contributed by atoms with van der Waals surface area (Å²) >= 11 is 0. The Labute approximate surface area is 896 Å². The summed E-state index contributed by atoms with van der Waals surface area (Å²) in [6, 6.07) is 43.5. The van der Waals surface area contributed by atoms with E-state index in [-0.39, 0.29) is 140 Å². The first-order valence-corrected chi connectivity index (χ1v) is 46.2. The first-order valence-electron chi connectivity index (χ1n) is 46.2. The van der Waals surface area contributed by atoms with Crippen molar-refractivity contribution in [1.82, 2.24) is 118 Å². The van der Waals surface area contributed by atoms with Gasteiger partial charge in [-0.3, -0.25) is 80.7 Å². The van der Waals surface area contributed by atoms with E-state index in [0.717, 1.165) is 123 Å². The number of alkyl halides is 12. The molecule has 146 heavy (non-hydrogen) atoms. The zero-order valence-corrected chi connectivity index (χ0v) is 93.3. The molecule has 4 aliphatic rings. The van der Waals surface area contributed by atoms with Crippen molar-refractivity contribution < 1.29 is 137 Å². The molecule has 24 nitrogen and oxygen atoms in total. The molecule has 0 aromatic carbocycles. The molecule has 32 bridgehead atoms. The molecule has 20 rings (SSSR count). The molecule has 16 aromatic heterocycles. The molecule has 0 unspecified atom stereocenters. The molecule has 0 radical (unpaired) electrons. The van der Waals surface area contributed by atoms with Crippen LogP contribution < -0.4 is 0 Å². The van der Waals surface area contributed by atoms with E-state index in [1.54, 1.807) is 85.6 Å². The third-order valence-corrected chi connectivity index (χ3v) is 28.0. The van der Waals surface area contributed by atoms with Crippen LogP contribution in [0.4, 0.5) is 52.7 Å². The van der Waals surface area contributed by atoms with Crippen LogP contribution >= 0.6 is 0 Å². The van der Waals surface area contributed by atoms with Gasteiger partial charge in [0.2, 0.25) is 0 Å². The predicted octanol–water partition coefficient (Wildman–Crippen LogP) is 21.7. The first kappa shape index (κ1) is 112. The molecule has 0 saturated carbocycles. The molecule has 4 aliphatic heterocycles. The summed E-state index contributed by atoms with van der Waals surface area (Å²) in [6.07, 6.45) is 5.94. The maximum Gasteiger partial charge on any atom is 2.00 e. The van der Waals surface area contributed by atoms with Crippen LogP contribution in [0.2, 0.25) is 0 Å². The van der Waals surface area contributed by atoms with Gasteiger partial charge in [0, 0.05) is 67.2 Å². The summed E-state index contributed by atoms with van der Waals surface area (Å²) < 4.78 is 179. The number of fused-ring (bicyclic) bond motifs is 40. The summed E-state index contributed by atoms with van der Waals surface area (Å²) in [4.78, 5) is 38.2. The van der Waals surface area contributed by atoms with Crippen LogP contribution in [-0.2, 0) is 189 Å². The quantitative estimate of drug-likeness (QED) is 0.101. The number of aryl methyl sites for hydroxylation is 6. The minimum atomic E-state index is -4.91. The molecule has 40 heteroatoms. The summed E-state index contributed by atoms with van der Waals surface area (Å²) in [5.41, 5.74) is 0.744. The second-order valence-electron chi connectivity index (χ2n) is 42.4. The van der Waals surface area contributed by atoms with E-state index in [1.165, 1.54) is 52.0 Å². The second-order valence-corrected chi connectivity index (χ2v) is 42.4. The Morgan fingerprint density at radius 1 is 0.219 bits per heavy atom. The number of nitrogens with zero attached hydrogens (tertiary/aromatic N) is 24. The van der Waals surface area contributed by atoms with E-state index in [4.69, 9.17) is 40.3 Å². The predicted molar refractivity (Wildman–Crippen MR) is 504 cm³/mol. The van der Waals surface area contributed by atoms with Crippen LogP contribution in [0.15, 0.2) is 146 Å². The standard InChI is InChI=1S/C29H34N6.C27H24F6N6.C27H30N6.C23H16F6N6.4Pt/c1-27(2,3)25-19-15-16-20-18-35(33-26(20)28(4,5)6)24-14-10-12-22(31-24)29(7,8)21-11-9-13-23(30-21)34(17-19)32-25;1-23(2)17-9-7-11-19(34-17)38-13-15(21(36-38)26(28,29)30)24(3,4)25(5,6)16-14-39(37-22(16)27(31,32)33)20-12-8-10-18(23)35-20;1-17-19-15-32(30-17)23-13-9-11-21(28-23)25(3,4)22-12-10-14-24(29-22)33-16-20(18(2)31-33)27(7,8)26(19,5)6;1-21(2)15-5-3-7-17(30-15)34-11-13(19(32-34)22(24,25)26)9-10-14-12-35(33-20(14)23(27,28)29)18-8-4-6-16(21)31-18;;;;/h9-14H,15-16H2,1-8H3;7-12H,1-6H3;9-14H,1-8H3;3-8H,9-10H2,1-2H3;;;;/q4*-2;4*+2.